The monoisotopic (exact) mass is 1270 g/mol. The van der Waals surface area contributed by atoms with Crippen molar-refractivity contribution < 1.29 is 0 Å². The van der Waals surface area contributed by atoms with Crippen LogP contribution in [-0.4, -0.2) is 0 Å². The summed E-state index contributed by atoms with van der Waals surface area (Å²) >= 11 is 0. The van der Waals surface area contributed by atoms with Gasteiger partial charge in [0.25, 0.3) is 0 Å². The molecule has 2 heterocycles. The molecular formula is C94H90N4. The molecule has 0 bridgehead atoms. The number of hydrogen-bond acceptors (Lipinski definition) is 4. The Kier molecular flexibility index (Phi) is 16.2. The van der Waals surface area contributed by atoms with E-state index in [2.05, 4.69) is 382 Å². The van der Waals surface area contributed by atoms with Gasteiger partial charge >= 0.3 is 0 Å². The highest BCUT2D eigenvalue weighted by Crippen LogP contribution is 2.52. The molecule has 0 saturated heterocycles. The van der Waals surface area contributed by atoms with Crippen LogP contribution in [0.1, 0.15) is 128 Å². The first kappa shape index (κ1) is 63.6. The molecule has 15 rings (SSSR count). The highest BCUT2D eigenvalue weighted by molar-refractivity contribution is 6.23. The second-order valence-corrected chi connectivity index (χ2v) is 31.3. The van der Waals surface area contributed by atoms with Crippen LogP contribution in [0.15, 0.2) is 279 Å². The molecule has 486 valence electrons. The Morgan fingerprint density at radius 2 is 0.459 bits per heavy atom. The Morgan fingerprint density at radius 1 is 0.235 bits per heavy atom. The van der Waals surface area contributed by atoms with Gasteiger partial charge in [-0.25, -0.2) is 0 Å². The molecule has 4 heteroatoms. The van der Waals surface area contributed by atoms with Crippen LogP contribution >= 0.6 is 0 Å². The molecule has 0 unspecified atom stereocenters. The van der Waals surface area contributed by atoms with Crippen LogP contribution in [0, 0.1) is 0 Å². The molecule has 2 aliphatic rings. The minimum absolute atomic E-state index is 0.0204. The molecule has 2 aliphatic heterocycles. The number of anilines is 12. The SMILES string of the molecule is CC(C)(C)c1ccc(N(c2ccc(-c3c4ccc(N5c6ccccc6CCc6ccccc65)cc4c(-c4ccc(N(c5ccc(C(C)(C)C)cc5)c5ccc(C(C)(C)C)cc5)cc4)c4ccc(N5c6ccccc6CCc6ccccc65)cc34)cc2)c2ccc(C(C)(C)C)cc2)cc1. The largest absolute Gasteiger partial charge is 0.311 e. The van der Waals surface area contributed by atoms with Crippen LogP contribution in [0.3, 0.4) is 0 Å². The summed E-state index contributed by atoms with van der Waals surface area (Å²) in [5.41, 5.74) is 29.2. The molecule has 0 N–H and O–H groups in total. The van der Waals surface area contributed by atoms with Crippen LogP contribution in [0.25, 0.3) is 43.8 Å². The third kappa shape index (κ3) is 12.0. The van der Waals surface area contributed by atoms with Crippen molar-refractivity contribution >= 4 is 89.8 Å². The summed E-state index contributed by atoms with van der Waals surface area (Å²) in [5.74, 6) is 0. The number of fused-ring (bicyclic) bond motifs is 6. The lowest BCUT2D eigenvalue weighted by Gasteiger charge is -2.30. The fraction of sp³-hybridized carbons (Fsp3) is 0.213. The molecular weight excluding hydrogens is 1190 g/mol. The van der Waals surface area contributed by atoms with Gasteiger partial charge in [0.05, 0.1) is 0 Å². The van der Waals surface area contributed by atoms with E-state index >= 15 is 0 Å². The second kappa shape index (κ2) is 24.9. The Hall–Kier alpha value is -10.4. The topological polar surface area (TPSA) is 13.0 Å². The summed E-state index contributed by atoms with van der Waals surface area (Å²) in [6.07, 6.45) is 3.87. The van der Waals surface area contributed by atoms with E-state index < -0.39 is 0 Å². The van der Waals surface area contributed by atoms with Gasteiger partial charge in [-0.05, 0) is 257 Å². The fourth-order valence-electron chi connectivity index (χ4n) is 15.1. The number of hydrogen-bond donors (Lipinski definition) is 0. The number of nitrogens with zero attached hydrogens (tertiary/aromatic N) is 4. The van der Waals surface area contributed by atoms with E-state index in [4.69, 9.17) is 0 Å². The Morgan fingerprint density at radius 3 is 0.694 bits per heavy atom. The van der Waals surface area contributed by atoms with E-state index in [1.165, 1.54) is 99.9 Å². The van der Waals surface area contributed by atoms with Gasteiger partial charge in [0.1, 0.15) is 0 Å². The van der Waals surface area contributed by atoms with Crippen molar-refractivity contribution in [1.29, 1.82) is 0 Å². The van der Waals surface area contributed by atoms with Crippen LogP contribution in [-0.2, 0) is 47.3 Å². The molecule has 0 saturated carbocycles. The van der Waals surface area contributed by atoms with Gasteiger partial charge < -0.3 is 19.6 Å². The number of rotatable bonds is 10. The maximum Gasteiger partial charge on any atom is 0.0493 e. The maximum atomic E-state index is 2.53. The lowest BCUT2D eigenvalue weighted by atomic mass is 9.85. The first-order valence-corrected chi connectivity index (χ1v) is 35.3. The van der Waals surface area contributed by atoms with Crippen LogP contribution in [0.4, 0.5) is 68.2 Å². The summed E-state index contributed by atoms with van der Waals surface area (Å²) < 4.78 is 0. The van der Waals surface area contributed by atoms with Crippen molar-refractivity contribution in [2.24, 2.45) is 0 Å². The standard InChI is InChI=1S/C94H90N4/c1-91(2,3)69-37-49-75(50-38-69)95(76-51-39-70(40-52-76)92(4,5)6)73-45-33-67(34-46-73)89-81-59-57-80(98-87-27-19-15-23-65(87)31-32-66-24-16-20-28-88(66)98)62-84(81)90(82-60-58-79(61-83(82)89)97-85-25-17-13-21-63(85)29-30-64-22-14-18-26-86(64)97)68-35-47-74(48-36-68)96(77-53-41-71(42-54-77)93(7,8)9)78-55-43-72(44-56-78)94(10,11)12/h13-28,33-62H,29-32H2,1-12H3. The zero-order chi connectivity index (χ0) is 67.8. The quantitative estimate of drug-likeness (QED) is 0.127. The predicted molar refractivity (Wildman–Crippen MR) is 421 cm³/mol. The van der Waals surface area contributed by atoms with Gasteiger partial charge in [0.2, 0.25) is 0 Å². The summed E-state index contributed by atoms with van der Waals surface area (Å²) in [4.78, 5) is 9.91. The van der Waals surface area contributed by atoms with Gasteiger partial charge in [-0.15, -0.1) is 0 Å². The molecule has 0 radical (unpaired) electrons. The smallest absolute Gasteiger partial charge is 0.0493 e. The van der Waals surface area contributed by atoms with Crippen molar-refractivity contribution in [3.63, 3.8) is 0 Å². The molecule has 13 aromatic rings. The van der Waals surface area contributed by atoms with E-state index in [9.17, 15) is 0 Å². The van der Waals surface area contributed by atoms with Crippen molar-refractivity contribution in [3.8, 4) is 22.3 Å². The van der Waals surface area contributed by atoms with Gasteiger partial charge in [-0.2, -0.15) is 0 Å². The molecule has 0 fully saturated rings. The number of aryl methyl sites for hydroxylation is 4. The van der Waals surface area contributed by atoms with Gasteiger partial charge in [0.15, 0.2) is 0 Å². The van der Waals surface area contributed by atoms with Crippen molar-refractivity contribution in [2.45, 2.75) is 130 Å². The van der Waals surface area contributed by atoms with Gasteiger partial charge in [-0.3, -0.25) is 0 Å². The summed E-state index contributed by atoms with van der Waals surface area (Å²) in [6, 6.07) is 106. The summed E-state index contributed by atoms with van der Waals surface area (Å²) in [6.45, 7) is 27.5. The van der Waals surface area contributed by atoms with E-state index in [-0.39, 0.29) is 21.7 Å². The van der Waals surface area contributed by atoms with Crippen molar-refractivity contribution in [3.05, 3.63) is 324 Å². The maximum absolute atomic E-state index is 2.53. The van der Waals surface area contributed by atoms with E-state index in [0.29, 0.717) is 0 Å². The van der Waals surface area contributed by atoms with Crippen molar-refractivity contribution in [2.75, 3.05) is 19.6 Å². The number of benzene rings is 13. The minimum atomic E-state index is 0.0204. The van der Waals surface area contributed by atoms with Gasteiger partial charge in [-0.1, -0.05) is 241 Å². The van der Waals surface area contributed by atoms with E-state index in [0.717, 1.165) is 82.3 Å². The lowest BCUT2D eigenvalue weighted by molar-refractivity contribution is 0.590. The average molecular weight is 1280 g/mol. The molecule has 98 heavy (non-hydrogen) atoms. The first-order valence-electron chi connectivity index (χ1n) is 35.3. The average Bonchev–Trinajstić information content (AvgIpc) is 0.774. The van der Waals surface area contributed by atoms with Crippen LogP contribution in [0.2, 0.25) is 0 Å². The highest BCUT2D eigenvalue weighted by Gasteiger charge is 2.29. The third-order valence-electron chi connectivity index (χ3n) is 20.7. The normalized spacial score (nSPS) is 13.3. The molecule has 0 aliphatic carbocycles. The second-order valence-electron chi connectivity index (χ2n) is 31.3. The lowest BCUT2D eigenvalue weighted by Crippen LogP contribution is -2.14. The highest BCUT2D eigenvalue weighted by atomic mass is 15.2. The molecule has 0 spiro atoms. The Labute approximate surface area is 582 Å². The number of para-hydroxylation sites is 4. The molecule has 0 aromatic heterocycles. The van der Waals surface area contributed by atoms with Crippen LogP contribution < -0.4 is 19.6 Å². The molecule has 0 atom stereocenters. The Balaban J connectivity index is 0.987. The van der Waals surface area contributed by atoms with Gasteiger partial charge in [0, 0.05) is 68.2 Å². The van der Waals surface area contributed by atoms with Crippen molar-refractivity contribution in [1.82, 2.24) is 0 Å². The zero-order valence-electron chi connectivity index (χ0n) is 59.2. The van der Waals surface area contributed by atoms with E-state index in [1.54, 1.807) is 0 Å². The molecule has 4 nitrogen and oxygen atoms in total. The fourth-order valence-corrected chi connectivity index (χ4v) is 15.1. The molecule has 13 aromatic carbocycles. The Bertz CT molecular complexity index is 4550. The zero-order valence-corrected chi connectivity index (χ0v) is 59.2. The van der Waals surface area contributed by atoms with Crippen LogP contribution in [0.5, 0.6) is 0 Å². The summed E-state index contributed by atoms with van der Waals surface area (Å²) in [7, 11) is 0. The molecule has 0 amide bonds. The third-order valence-corrected chi connectivity index (χ3v) is 20.7. The summed E-state index contributed by atoms with van der Waals surface area (Å²) in [5, 5.41) is 4.74. The minimum Gasteiger partial charge on any atom is -0.311 e. The predicted octanol–water partition coefficient (Wildman–Crippen LogP) is 26.6. The first-order chi connectivity index (χ1) is 47.1. The van der Waals surface area contributed by atoms with E-state index in [1.807, 2.05) is 0 Å².